The van der Waals surface area contributed by atoms with E-state index >= 15 is 0 Å². The average molecular weight is 1270 g/mol. The molecule has 0 aromatic rings. The summed E-state index contributed by atoms with van der Waals surface area (Å²) in [5, 5.41) is 87.5. The van der Waals surface area contributed by atoms with Gasteiger partial charge in [0, 0.05) is 6.42 Å². The van der Waals surface area contributed by atoms with Crippen LogP contribution in [0.25, 0.3) is 0 Å². The molecule has 0 saturated carbocycles. The van der Waals surface area contributed by atoms with Crippen LogP contribution >= 0.6 is 0 Å². The molecule has 0 aromatic heterocycles. The number of hydrogen-bond acceptors (Lipinski definition) is 13. The van der Waals surface area contributed by atoms with E-state index in [1.165, 1.54) is 289 Å². The summed E-state index contributed by atoms with van der Waals surface area (Å²) in [5.41, 5.74) is 0. The SMILES string of the molecule is CCCCCCCCCCCCCCCCCCCCCCC/C=C/CC/C=C/C(O)C(COC1OC(CO)C(OC2OC(CO)C(O)C(O)C2O)C(O)C1O)NC(=O)CCCCCCCCCCCCCCCCCCCCCCCCCCCCCC. The smallest absolute Gasteiger partial charge is 0.220 e. The topological polar surface area (TPSA) is 228 Å². The highest BCUT2D eigenvalue weighted by Crippen LogP contribution is 2.30. The minimum atomic E-state index is -1.79. The quantitative estimate of drug-likeness (QED) is 0.0204. The highest BCUT2D eigenvalue weighted by atomic mass is 16.7. The van der Waals surface area contributed by atoms with E-state index < -0.39 is 86.8 Å². The van der Waals surface area contributed by atoms with E-state index in [-0.39, 0.29) is 18.9 Å². The van der Waals surface area contributed by atoms with Crippen molar-refractivity contribution in [3.05, 3.63) is 24.3 Å². The van der Waals surface area contributed by atoms with Crippen LogP contribution in [-0.4, -0.2) is 140 Å². The third kappa shape index (κ3) is 44.0. The second-order valence-corrected chi connectivity index (χ2v) is 27.1. The number of aliphatic hydroxyl groups is 8. The number of ether oxygens (including phenoxy) is 4. The molecule has 12 unspecified atom stereocenters. The van der Waals surface area contributed by atoms with Crippen molar-refractivity contribution >= 4 is 5.91 Å². The Morgan fingerprint density at radius 3 is 1.10 bits per heavy atom. The van der Waals surface area contributed by atoms with E-state index in [0.29, 0.717) is 12.8 Å². The average Bonchev–Trinajstić information content (AvgIpc) is 2.53. The summed E-state index contributed by atoms with van der Waals surface area (Å²) in [5.74, 6) is -0.240. The maximum Gasteiger partial charge on any atom is 0.220 e. The van der Waals surface area contributed by atoms with Gasteiger partial charge in [-0.1, -0.05) is 340 Å². The van der Waals surface area contributed by atoms with Gasteiger partial charge in [0.25, 0.3) is 0 Å². The molecule has 0 aliphatic carbocycles. The maximum absolute atomic E-state index is 13.4. The first-order valence-electron chi connectivity index (χ1n) is 38.1. The Balaban J connectivity index is 1.66. The molecule has 2 heterocycles. The van der Waals surface area contributed by atoms with Crippen LogP contribution in [0.4, 0.5) is 0 Å². The van der Waals surface area contributed by atoms with Gasteiger partial charge in [-0.2, -0.15) is 0 Å². The van der Waals surface area contributed by atoms with E-state index in [1.54, 1.807) is 6.08 Å². The van der Waals surface area contributed by atoms with E-state index in [9.17, 15) is 45.6 Å². The molecule has 9 N–H and O–H groups in total. The molecule has 89 heavy (non-hydrogen) atoms. The Morgan fingerprint density at radius 2 is 0.719 bits per heavy atom. The van der Waals surface area contributed by atoms with Gasteiger partial charge in [0.15, 0.2) is 12.6 Å². The Hall–Kier alpha value is -1.53. The van der Waals surface area contributed by atoms with Crippen molar-refractivity contribution in [1.29, 1.82) is 0 Å². The van der Waals surface area contributed by atoms with Crippen molar-refractivity contribution in [2.45, 2.75) is 428 Å². The molecule has 2 saturated heterocycles. The molecule has 12 atom stereocenters. The van der Waals surface area contributed by atoms with Crippen molar-refractivity contribution in [1.82, 2.24) is 5.32 Å². The zero-order valence-electron chi connectivity index (χ0n) is 57.5. The first-order valence-corrected chi connectivity index (χ1v) is 38.1. The van der Waals surface area contributed by atoms with Gasteiger partial charge in [-0.25, -0.2) is 0 Å². The Morgan fingerprint density at radius 1 is 0.393 bits per heavy atom. The Labute approximate surface area is 545 Å². The molecule has 2 rings (SSSR count). The van der Waals surface area contributed by atoms with Crippen LogP contribution in [0.3, 0.4) is 0 Å². The molecule has 2 fully saturated rings. The molecule has 0 aromatic carbocycles. The lowest BCUT2D eigenvalue weighted by Crippen LogP contribution is -2.65. The van der Waals surface area contributed by atoms with Gasteiger partial charge in [-0.05, 0) is 32.1 Å². The summed E-state index contributed by atoms with van der Waals surface area (Å²) in [6.07, 6.45) is 59.7. The van der Waals surface area contributed by atoms with Crippen molar-refractivity contribution in [3.63, 3.8) is 0 Å². The van der Waals surface area contributed by atoms with Crippen LogP contribution in [-0.2, 0) is 23.7 Å². The normalized spacial score (nSPS) is 23.1. The number of hydrogen-bond donors (Lipinski definition) is 9. The van der Waals surface area contributed by atoms with Gasteiger partial charge in [-0.15, -0.1) is 0 Å². The van der Waals surface area contributed by atoms with Crippen LogP contribution in [0, 0.1) is 0 Å². The molecule has 14 nitrogen and oxygen atoms in total. The van der Waals surface area contributed by atoms with E-state index in [4.69, 9.17) is 18.9 Å². The van der Waals surface area contributed by atoms with Gasteiger partial charge in [0.1, 0.15) is 48.8 Å². The number of amides is 1. The van der Waals surface area contributed by atoms with E-state index in [0.717, 1.165) is 32.1 Å². The standard InChI is InChI=1S/C75H143NO13/c1-3-5-7-9-11-13-15-17-19-21-23-25-27-29-31-33-35-37-39-41-43-45-47-49-51-53-55-57-59-67(80)76-63(62-86-74-72(85)70(83)73(66(61-78)88-74)89-75-71(84)69(82)68(81)65(60-77)87-75)64(79)58-56-54-52-50-48-46-44-42-40-38-36-34-32-30-28-26-24-22-20-18-16-14-12-10-8-6-4-2/h48,50,56,58,63-66,68-75,77-79,81-85H,3-47,49,51-55,57,59-62H2,1-2H3,(H,76,80)/b50-48+,58-56+. The fraction of sp³-hybridized carbons (Fsp3) is 0.933. The van der Waals surface area contributed by atoms with Crippen LogP contribution in [0.15, 0.2) is 24.3 Å². The Kier molecular flexibility index (Phi) is 56.5. The van der Waals surface area contributed by atoms with Gasteiger partial charge < -0.3 is 65.1 Å². The molecule has 14 heteroatoms. The fourth-order valence-corrected chi connectivity index (χ4v) is 12.8. The zero-order valence-corrected chi connectivity index (χ0v) is 57.5. The second-order valence-electron chi connectivity index (χ2n) is 27.1. The number of unbranched alkanes of at least 4 members (excludes halogenated alkanes) is 49. The van der Waals surface area contributed by atoms with Crippen LogP contribution in [0.5, 0.6) is 0 Å². The van der Waals surface area contributed by atoms with Gasteiger partial charge in [-0.3, -0.25) is 4.79 Å². The van der Waals surface area contributed by atoms with Crippen LogP contribution in [0.1, 0.15) is 354 Å². The number of nitrogens with one attached hydrogen (secondary N) is 1. The van der Waals surface area contributed by atoms with Crippen LogP contribution in [0.2, 0.25) is 0 Å². The van der Waals surface area contributed by atoms with Crippen LogP contribution < -0.4 is 5.32 Å². The van der Waals surface area contributed by atoms with Gasteiger partial charge in [0.05, 0.1) is 32.0 Å². The molecular weight excluding hydrogens is 1120 g/mol. The van der Waals surface area contributed by atoms with Crippen molar-refractivity contribution in [2.75, 3.05) is 19.8 Å². The number of carbonyl (C=O) groups is 1. The summed E-state index contributed by atoms with van der Waals surface area (Å²) < 4.78 is 22.9. The van der Waals surface area contributed by atoms with Crippen molar-refractivity contribution in [2.24, 2.45) is 0 Å². The van der Waals surface area contributed by atoms with Crippen molar-refractivity contribution < 1.29 is 64.6 Å². The largest absolute Gasteiger partial charge is 0.394 e. The van der Waals surface area contributed by atoms with Gasteiger partial charge in [0.2, 0.25) is 5.91 Å². The minimum Gasteiger partial charge on any atom is -0.394 e. The van der Waals surface area contributed by atoms with Crippen molar-refractivity contribution in [3.8, 4) is 0 Å². The third-order valence-electron chi connectivity index (χ3n) is 18.9. The Bertz CT molecular complexity index is 1590. The molecule has 0 spiro atoms. The molecule has 2 aliphatic heterocycles. The number of rotatable bonds is 64. The summed E-state index contributed by atoms with van der Waals surface area (Å²) in [4.78, 5) is 13.4. The summed E-state index contributed by atoms with van der Waals surface area (Å²) >= 11 is 0. The second kappa shape index (κ2) is 60.2. The monoisotopic (exact) mass is 1270 g/mol. The first kappa shape index (κ1) is 83.6. The highest BCUT2D eigenvalue weighted by molar-refractivity contribution is 5.76. The molecular formula is C75H143NO13. The lowest BCUT2D eigenvalue weighted by atomic mass is 9.97. The maximum atomic E-state index is 13.4. The first-order chi connectivity index (χ1) is 43.6. The predicted molar refractivity (Wildman–Crippen MR) is 365 cm³/mol. The minimum absolute atomic E-state index is 0.240. The zero-order chi connectivity index (χ0) is 64.5. The van der Waals surface area contributed by atoms with E-state index in [2.05, 4.69) is 31.3 Å². The fourth-order valence-electron chi connectivity index (χ4n) is 12.8. The molecule has 2 aliphatic rings. The summed E-state index contributed by atoms with van der Waals surface area (Å²) in [7, 11) is 0. The summed E-state index contributed by atoms with van der Waals surface area (Å²) in [6, 6.07) is -0.930. The third-order valence-corrected chi connectivity index (χ3v) is 18.9. The number of allylic oxidation sites excluding steroid dienone is 3. The lowest BCUT2D eigenvalue weighted by molar-refractivity contribution is -0.359. The van der Waals surface area contributed by atoms with Gasteiger partial charge >= 0.3 is 0 Å². The molecule has 0 bridgehead atoms. The highest BCUT2D eigenvalue weighted by Gasteiger charge is 2.51. The predicted octanol–water partition coefficient (Wildman–Crippen LogP) is 16.3. The number of carbonyl (C=O) groups excluding carboxylic acids is 1. The summed E-state index contributed by atoms with van der Waals surface area (Å²) in [6.45, 7) is 2.85. The molecule has 0 radical (unpaired) electrons. The lowest BCUT2D eigenvalue weighted by Gasteiger charge is -2.46. The van der Waals surface area contributed by atoms with E-state index in [1.807, 2.05) is 6.08 Å². The molecule has 1 amide bonds. The molecule has 526 valence electrons. The number of aliphatic hydroxyl groups excluding tert-OH is 8.